The number of aromatic nitrogens is 14. The average Bonchev–Trinajstić information content (AvgIpc) is 4.16. The molecule has 0 spiro atoms. The molecule has 0 aliphatic carbocycles. The molecule has 19 heteroatoms. The van der Waals surface area contributed by atoms with Crippen LogP contribution in [-0.4, -0.2) is 109 Å². The fraction of sp³-hybridized carbons (Fsp3) is 0.417. The fourth-order valence-electron chi connectivity index (χ4n) is 8.58. The Balaban J connectivity index is 0.000000173. The van der Waals surface area contributed by atoms with Crippen LogP contribution in [0, 0.1) is 119 Å². The molecule has 2 fully saturated rings. The van der Waals surface area contributed by atoms with Gasteiger partial charge in [-0.15, -0.1) is 0 Å². The zero-order chi connectivity index (χ0) is 47.3. The SMILES string of the molecule is C1CCOC1.C1CCOC1.Cc1cc(C)n([BH-](n2nc(C)cc2C)n2nc(C)cc2C)n1.Cc1cc(C)n([BH-](n2nc(C)cc2C)n2nc(C)cc2C)n1.[La].c1ccc(-c2ccccn2)nc1. The van der Waals surface area contributed by atoms with E-state index in [0.717, 1.165) is 106 Å². The van der Waals surface area contributed by atoms with E-state index in [1.54, 1.807) is 12.4 Å². The summed E-state index contributed by atoms with van der Waals surface area (Å²) in [5.41, 5.74) is 14.6. The molecule has 16 nitrogen and oxygen atoms in total. The monoisotopic (exact) mass is 1030 g/mol. The van der Waals surface area contributed by atoms with Crippen LogP contribution in [0.1, 0.15) is 94.0 Å². The van der Waals surface area contributed by atoms with Crippen molar-refractivity contribution in [3.63, 3.8) is 0 Å². The summed E-state index contributed by atoms with van der Waals surface area (Å²) in [7, 11) is -2.52. The van der Waals surface area contributed by atoms with E-state index in [9.17, 15) is 0 Å². The molecular weight excluding hydrogens is 965 g/mol. The number of pyridine rings is 2. The van der Waals surface area contributed by atoms with E-state index in [2.05, 4.69) is 115 Å². The van der Waals surface area contributed by atoms with Crippen molar-refractivity contribution in [1.82, 2.24) is 68.1 Å². The van der Waals surface area contributed by atoms with Gasteiger partial charge >= 0.3 is 14.2 Å². The number of rotatable bonds is 7. The van der Waals surface area contributed by atoms with Gasteiger partial charge in [-0.05, 0) is 204 Å². The second-order valence-electron chi connectivity index (χ2n) is 17.5. The molecule has 0 amide bonds. The maximum Gasteiger partial charge on any atom is 0.326 e. The fourth-order valence-corrected chi connectivity index (χ4v) is 8.58. The van der Waals surface area contributed by atoms with Gasteiger partial charge in [0.25, 0.3) is 0 Å². The molecule has 8 aromatic rings. The molecular formula is C48H68B2LaN14O2-2. The molecule has 10 heterocycles. The van der Waals surface area contributed by atoms with Gasteiger partial charge in [0, 0.05) is 74.4 Å². The molecule has 1 radical (unpaired) electrons. The number of hydrogen-bond acceptors (Lipinski definition) is 10. The van der Waals surface area contributed by atoms with Gasteiger partial charge in [0.05, 0.1) is 45.6 Å². The van der Waals surface area contributed by atoms with Crippen LogP contribution in [0.3, 0.4) is 0 Å². The third-order valence-electron chi connectivity index (χ3n) is 11.5. The van der Waals surface area contributed by atoms with Crippen LogP contribution in [0.15, 0.2) is 85.2 Å². The molecule has 0 N–H and O–H groups in total. The van der Waals surface area contributed by atoms with Crippen LogP contribution in [0.5, 0.6) is 0 Å². The maximum absolute atomic E-state index is 4.94. The minimum atomic E-state index is -1.26. The van der Waals surface area contributed by atoms with Gasteiger partial charge in [0.2, 0.25) is 0 Å². The van der Waals surface area contributed by atoms with Crippen LogP contribution in [0.25, 0.3) is 11.4 Å². The van der Waals surface area contributed by atoms with E-state index in [0.29, 0.717) is 0 Å². The van der Waals surface area contributed by atoms with Crippen LogP contribution in [0.2, 0.25) is 0 Å². The van der Waals surface area contributed by atoms with Crippen molar-refractivity contribution in [2.75, 3.05) is 26.4 Å². The van der Waals surface area contributed by atoms with Gasteiger partial charge in [-0.1, -0.05) is 12.1 Å². The normalized spacial score (nSPS) is 12.9. The summed E-state index contributed by atoms with van der Waals surface area (Å²) in [4.78, 5) is 8.37. The van der Waals surface area contributed by atoms with Gasteiger partial charge in [-0.2, -0.15) is 0 Å². The van der Waals surface area contributed by atoms with E-state index in [1.165, 1.54) is 25.7 Å². The minimum Gasteiger partial charge on any atom is -0.400 e. The van der Waals surface area contributed by atoms with E-state index >= 15 is 0 Å². The molecule has 0 saturated carbocycles. The number of aryl methyl sites for hydroxylation is 12. The summed E-state index contributed by atoms with van der Waals surface area (Å²) in [6.07, 6.45) is 8.65. The zero-order valence-corrected chi connectivity index (χ0v) is 45.4. The molecule has 2 aliphatic heterocycles. The van der Waals surface area contributed by atoms with Crippen LogP contribution >= 0.6 is 0 Å². The molecule has 10 rings (SSSR count). The molecule has 67 heavy (non-hydrogen) atoms. The Labute approximate surface area is 424 Å². The summed E-state index contributed by atoms with van der Waals surface area (Å²) in [6.45, 7) is 28.6. The summed E-state index contributed by atoms with van der Waals surface area (Å²) in [5.74, 6) is 0. The Morgan fingerprint density at radius 2 is 0.582 bits per heavy atom. The first kappa shape index (κ1) is 52.8. The second kappa shape index (κ2) is 25.3. The summed E-state index contributed by atoms with van der Waals surface area (Å²) in [6, 6.07) is 24.2. The number of ether oxygens (including phenoxy) is 2. The Bertz CT molecular complexity index is 2310. The minimum absolute atomic E-state index is 0. The number of hydrogen-bond donors (Lipinski definition) is 0. The maximum atomic E-state index is 4.94. The first-order valence-electron chi connectivity index (χ1n) is 23.2. The smallest absolute Gasteiger partial charge is 0.326 e. The third kappa shape index (κ3) is 14.4. The molecule has 8 aromatic heterocycles. The predicted molar refractivity (Wildman–Crippen MR) is 264 cm³/mol. The van der Waals surface area contributed by atoms with Crippen molar-refractivity contribution < 1.29 is 45.1 Å². The summed E-state index contributed by atoms with van der Waals surface area (Å²) >= 11 is 0. The van der Waals surface area contributed by atoms with Crippen molar-refractivity contribution in [3.8, 4) is 11.4 Å². The van der Waals surface area contributed by atoms with E-state index < -0.39 is 14.2 Å². The van der Waals surface area contributed by atoms with Crippen molar-refractivity contribution in [2.24, 2.45) is 0 Å². The average molecular weight is 1030 g/mol. The molecule has 353 valence electrons. The van der Waals surface area contributed by atoms with Gasteiger partial charge in [-0.3, -0.25) is 9.97 Å². The first-order valence-corrected chi connectivity index (χ1v) is 23.2. The molecule has 0 unspecified atom stereocenters. The van der Waals surface area contributed by atoms with Gasteiger partial charge in [0.15, 0.2) is 0 Å². The van der Waals surface area contributed by atoms with Crippen LogP contribution in [-0.2, 0) is 9.47 Å². The quantitative estimate of drug-likeness (QED) is 0.149. The first-order chi connectivity index (χ1) is 31.7. The summed E-state index contributed by atoms with van der Waals surface area (Å²) < 4.78 is 22.3. The molecule has 2 saturated heterocycles. The zero-order valence-electron chi connectivity index (χ0n) is 41.8. The predicted octanol–water partition coefficient (Wildman–Crippen LogP) is 7.31. The molecule has 0 aromatic carbocycles. The Morgan fingerprint density at radius 3 is 0.716 bits per heavy atom. The van der Waals surface area contributed by atoms with Crippen LogP contribution < -0.4 is 0 Å². The Hall–Kier alpha value is -5.20. The largest absolute Gasteiger partial charge is 0.400 e. The second-order valence-corrected chi connectivity index (χ2v) is 17.5. The van der Waals surface area contributed by atoms with Gasteiger partial charge < -0.3 is 37.0 Å². The van der Waals surface area contributed by atoms with Crippen molar-refractivity contribution in [2.45, 2.75) is 109 Å². The van der Waals surface area contributed by atoms with E-state index in [-0.39, 0.29) is 35.6 Å². The number of nitrogens with zero attached hydrogens (tertiary/aromatic N) is 14. The molecule has 2 aliphatic rings. The Morgan fingerprint density at radius 1 is 0.358 bits per heavy atom. The van der Waals surface area contributed by atoms with E-state index in [4.69, 9.17) is 40.1 Å². The van der Waals surface area contributed by atoms with E-state index in [1.807, 2.05) is 77.9 Å². The van der Waals surface area contributed by atoms with Crippen molar-refractivity contribution in [3.05, 3.63) is 154 Å². The van der Waals surface area contributed by atoms with Crippen molar-refractivity contribution >= 4 is 14.2 Å². The van der Waals surface area contributed by atoms with Gasteiger partial charge in [0.1, 0.15) is 0 Å². The standard InChI is InChI=1S/2C15H22BN6.C10H8N2.2C4H8O.La/c2*1-10-7-13(4)20(17-10)16(21-14(5)8-11(2)18-21)22-15(6)9-12(3)19-22;1-3-7-11-9(5-1)10-6-2-4-8-12-10;2*1-2-4-5-3-1;/h2*7-9,16H,1-6H3;1-8H;2*1-4H2;/q2*-1;;;;. The Kier molecular flexibility index (Phi) is 19.9. The topological polar surface area (TPSA) is 151 Å². The molecule has 0 atom stereocenters. The van der Waals surface area contributed by atoms with Gasteiger partial charge in [-0.25, -0.2) is 30.6 Å². The van der Waals surface area contributed by atoms with Crippen LogP contribution in [0.4, 0.5) is 0 Å². The molecule has 0 bridgehead atoms. The third-order valence-corrected chi connectivity index (χ3v) is 11.5. The summed E-state index contributed by atoms with van der Waals surface area (Å²) in [5, 5.41) is 28.2. The van der Waals surface area contributed by atoms with Crippen molar-refractivity contribution in [1.29, 1.82) is 0 Å².